The molecule has 0 bridgehead atoms. The van der Waals surface area contributed by atoms with Crippen LogP contribution in [0.3, 0.4) is 0 Å². The SMILES string of the molecule is Cc1ccc(N=C(C=C(N)C(C)(C)C)NC=O)cc1. The Kier molecular flexibility index (Phi) is 4.87. The lowest BCUT2D eigenvalue weighted by molar-refractivity contribution is -0.108. The number of nitrogens with two attached hydrogens (primary N) is 1. The number of nitrogens with one attached hydrogen (secondary N) is 1. The Morgan fingerprint density at radius 1 is 1.26 bits per heavy atom. The molecule has 0 aliphatic heterocycles. The second kappa shape index (κ2) is 6.18. The highest BCUT2D eigenvalue weighted by Crippen LogP contribution is 2.20. The topological polar surface area (TPSA) is 67.5 Å². The lowest BCUT2D eigenvalue weighted by Gasteiger charge is -2.19. The van der Waals surface area contributed by atoms with Crippen molar-refractivity contribution in [3.8, 4) is 0 Å². The number of carbonyl (C=O) groups is 1. The minimum absolute atomic E-state index is 0.168. The molecule has 0 heterocycles. The first-order valence-electron chi connectivity index (χ1n) is 6.16. The normalized spacial score (nSPS) is 13.3. The minimum Gasteiger partial charge on any atom is -0.401 e. The maximum Gasteiger partial charge on any atom is 0.212 e. The van der Waals surface area contributed by atoms with Crippen LogP contribution in [0.5, 0.6) is 0 Å². The number of rotatable bonds is 3. The molecule has 0 radical (unpaired) electrons. The van der Waals surface area contributed by atoms with Crippen LogP contribution in [-0.4, -0.2) is 12.2 Å². The second-order valence-corrected chi connectivity index (χ2v) is 5.44. The van der Waals surface area contributed by atoms with Crippen LogP contribution in [-0.2, 0) is 4.79 Å². The number of hydrogen-bond acceptors (Lipinski definition) is 3. The summed E-state index contributed by atoms with van der Waals surface area (Å²) in [6.45, 7) is 8.02. The van der Waals surface area contributed by atoms with Crippen LogP contribution >= 0.6 is 0 Å². The van der Waals surface area contributed by atoms with E-state index in [1.54, 1.807) is 6.08 Å². The Balaban J connectivity index is 3.07. The van der Waals surface area contributed by atoms with Crippen molar-refractivity contribution in [1.82, 2.24) is 5.32 Å². The van der Waals surface area contributed by atoms with E-state index in [0.717, 1.165) is 11.3 Å². The molecule has 0 unspecified atom stereocenters. The summed E-state index contributed by atoms with van der Waals surface area (Å²) in [4.78, 5) is 15.0. The first-order chi connectivity index (χ1) is 8.82. The lowest BCUT2D eigenvalue weighted by atomic mass is 9.92. The van der Waals surface area contributed by atoms with Gasteiger partial charge in [-0.1, -0.05) is 38.5 Å². The zero-order chi connectivity index (χ0) is 14.5. The van der Waals surface area contributed by atoms with Gasteiger partial charge in [0.2, 0.25) is 6.41 Å². The van der Waals surface area contributed by atoms with E-state index in [-0.39, 0.29) is 5.41 Å². The molecular formula is C15H21N3O. The Morgan fingerprint density at radius 2 is 1.84 bits per heavy atom. The van der Waals surface area contributed by atoms with Crippen LogP contribution in [0.1, 0.15) is 26.3 Å². The van der Waals surface area contributed by atoms with Crippen molar-refractivity contribution in [3.63, 3.8) is 0 Å². The highest BCUT2D eigenvalue weighted by molar-refractivity contribution is 6.00. The van der Waals surface area contributed by atoms with Crippen molar-refractivity contribution < 1.29 is 4.79 Å². The Labute approximate surface area is 114 Å². The van der Waals surface area contributed by atoms with Gasteiger partial charge in [0.05, 0.1) is 5.69 Å². The molecule has 4 nitrogen and oxygen atoms in total. The quantitative estimate of drug-likeness (QED) is 0.498. The van der Waals surface area contributed by atoms with Crippen LogP contribution in [0, 0.1) is 12.3 Å². The smallest absolute Gasteiger partial charge is 0.212 e. The standard InChI is InChI=1S/C15H21N3O/c1-11-5-7-12(8-6-11)18-14(17-10-19)9-13(16)15(2,3)4/h5-10H,16H2,1-4H3,(H,17,18,19). The third-order valence-corrected chi connectivity index (χ3v) is 2.65. The molecule has 19 heavy (non-hydrogen) atoms. The number of benzene rings is 1. The predicted molar refractivity (Wildman–Crippen MR) is 79.2 cm³/mol. The minimum atomic E-state index is -0.168. The fraction of sp³-hybridized carbons (Fsp3) is 0.333. The Morgan fingerprint density at radius 3 is 2.32 bits per heavy atom. The summed E-state index contributed by atoms with van der Waals surface area (Å²) in [6, 6.07) is 7.72. The van der Waals surface area contributed by atoms with Gasteiger partial charge in [-0.25, -0.2) is 4.99 Å². The van der Waals surface area contributed by atoms with Crippen LogP contribution in [0.4, 0.5) is 5.69 Å². The molecule has 1 rings (SSSR count). The molecular weight excluding hydrogens is 238 g/mol. The number of aliphatic imine (C=N–C) groups is 1. The molecule has 1 amide bonds. The molecule has 3 N–H and O–H groups in total. The fourth-order valence-electron chi connectivity index (χ4n) is 1.29. The zero-order valence-electron chi connectivity index (χ0n) is 11.9. The number of amides is 1. The average Bonchev–Trinajstić information content (AvgIpc) is 2.31. The molecule has 0 saturated heterocycles. The molecule has 1 aromatic carbocycles. The molecule has 102 valence electrons. The van der Waals surface area contributed by atoms with Gasteiger partial charge >= 0.3 is 0 Å². The van der Waals surface area contributed by atoms with E-state index >= 15 is 0 Å². The van der Waals surface area contributed by atoms with Gasteiger partial charge in [-0.15, -0.1) is 0 Å². The first-order valence-corrected chi connectivity index (χ1v) is 6.16. The van der Waals surface area contributed by atoms with Gasteiger partial charge in [0.1, 0.15) is 5.84 Å². The van der Waals surface area contributed by atoms with Gasteiger partial charge in [0, 0.05) is 17.2 Å². The fourth-order valence-corrected chi connectivity index (χ4v) is 1.29. The van der Waals surface area contributed by atoms with Crippen LogP contribution in [0.15, 0.2) is 41.0 Å². The highest BCUT2D eigenvalue weighted by atomic mass is 16.1. The van der Waals surface area contributed by atoms with Gasteiger partial charge in [0.15, 0.2) is 0 Å². The van der Waals surface area contributed by atoms with Crippen molar-refractivity contribution in [3.05, 3.63) is 41.6 Å². The number of nitrogens with zero attached hydrogens (tertiary/aromatic N) is 1. The van der Waals surface area contributed by atoms with Gasteiger partial charge in [-0.05, 0) is 19.1 Å². The number of carbonyl (C=O) groups excluding carboxylic acids is 1. The van der Waals surface area contributed by atoms with Crippen molar-refractivity contribution >= 4 is 17.9 Å². The zero-order valence-corrected chi connectivity index (χ0v) is 11.9. The van der Waals surface area contributed by atoms with Crippen molar-refractivity contribution in [2.45, 2.75) is 27.7 Å². The van der Waals surface area contributed by atoms with E-state index in [9.17, 15) is 4.79 Å². The Hall–Kier alpha value is -2.10. The molecule has 0 aliphatic carbocycles. The third-order valence-electron chi connectivity index (χ3n) is 2.65. The molecule has 0 saturated carbocycles. The van der Waals surface area contributed by atoms with Gasteiger partial charge in [-0.2, -0.15) is 0 Å². The van der Waals surface area contributed by atoms with Crippen LogP contribution in [0.2, 0.25) is 0 Å². The van der Waals surface area contributed by atoms with Gasteiger partial charge in [-0.3, -0.25) is 4.79 Å². The van der Waals surface area contributed by atoms with Gasteiger partial charge in [0.25, 0.3) is 0 Å². The summed E-state index contributed by atoms with van der Waals surface area (Å²) in [5, 5.41) is 2.56. The summed E-state index contributed by atoms with van der Waals surface area (Å²) in [5.74, 6) is 0.436. The maximum atomic E-state index is 10.6. The largest absolute Gasteiger partial charge is 0.401 e. The Bertz CT molecular complexity index is 493. The van der Waals surface area contributed by atoms with E-state index < -0.39 is 0 Å². The van der Waals surface area contributed by atoms with E-state index in [1.165, 1.54) is 0 Å². The molecule has 4 heteroatoms. The summed E-state index contributed by atoms with van der Waals surface area (Å²) in [7, 11) is 0. The number of allylic oxidation sites excluding steroid dienone is 1. The summed E-state index contributed by atoms with van der Waals surface area (Å²) in [5.41, 5.74) is 8.41. The van der Waals surface area contributed by atoms with Crippen molar-refractivity contribution in [1.29, 1.82) is 0 Å². The predicted octanol–water partition coefficient (Wildman–Crippen LogP) is 2.66. The highest BCUT2D eigenvalue weighted by Gasteiger charge is 2.14. The first kappa shape index (κ1) is 15.0. The molecule has 0 atom stereocenters. The second-order valence-electron chi connectivity index (χ2n) is 5.44. The van der Waals surface area contributed by atoms with E-state index in [4.69, 9.17) is 5.73 Å². The van der Waals surface area contributed by atoms with Crippen LogP contribution in [0.25, 0.3) is 0 Å². The lowest BCUT2D eigenvalue weighted by Crippen LogP contribution is -2.24. The summed E-state index contributed by atoms with van der Waals surface area (Å²) < 4.78 is 0. The summed E-state index contributed by atoms with van der Waals surface area (Å²) in [6.07, 6.45) is 2.29. The maximum absolute atomic E-state index is 10.6. The molecule has 1 aromatic rings. The van der Waals surface area contributed by atoms with Crippen LogP contribution < -0.4 is 11.1 Å². The summed E-state index contributed by atoms with van der Waals surface area (Å²) >= 11 is 0. The van der Waals surface area contributed by atoms with Crippen molar-refractivity contribution in [2.75, 3.05) is 0 Å². The molecule has 0 spiro atoms. The van der Waals surface area contributed by atoms with Gasteiger partial charge < -0.3 is 11.1 Å². The van der Waals surface area contributed by atoms with Crippen molar-refractivity contribution in [2.24, 2.45) is 16.1 Å². The third kappa shape index (κ3) is 4.95. The number of amidine groups is 1. The van der Waals surface area contributed by atoms with E-state index in [0.29, 0.717) is 17.9 Å². The molecule has 0 aliphatic rings. The molecule has 0 aromatic heterocycles. The van der Waals surface area contributed by atoms with E-state index in [2.05, 4.69) is 10.3 Å². The monoisotopic (exact) mass is 259 g/mol. The number of aryl methyl sites for hydroxylation is 1. The number of hydrogen-bond donors (Lipinski definition) is 2. The van der Waals surface area contributed by atoms with E-state index in [1.807, 2.05) is 52.0 Å². The molecule has 0 fully saturated rings. The average molecular weight is 259 g/mol.